The predicted molar refractivity (Wildman–Crippen MR) is 71.0 cm³/mol. The molecule has 2 rings (SSSR count). The molecule has 2 atom stereocenters. The monoisotopic (exact) mass is 234 g/mol. The van der Waals surface area contributed by atoms with Crippen molar-refractivity contribution in [2.45, 2.75) is 45.3 Å². The Hall–Kier alpha value is -0.633. The highest BCUT2D eigenvalue weighted by Crippen LogP contribution is 2.49. The molecule has 2 aliphatic rings. The summed E-state index contributed by atoms with van der Waals surface area (Å²) in [6.45, 7) is 6.97. The molecule has 0 radical (unpaired) electrons. The molecule has 0 aliphatic heterocycles. The summed E-state index contributed by atoms with van der Waals surface area (Å²) in [7, 11) is -1.32. The highest BCUT2D eigenvalue weighted by atomic mass is 28.3. The Labute approximate surface area is 99.6 Å². The van der Waals surface area contributed by atoms with Crippen LogP contribution in [0.4, 0.5) is 0 Å². The van der Waals surface area contributed by atoms with E-state index in [0.29, 0.717) is 11.8 Å². The van der Waals surface area contributed by atoms with Gasteiger partial charge in [-0.3, -0.25) is 4.79 Å². The summed E-state index contributed by atoms with van der Waals surface area (Å²) in [6.07, 6.45) is 6.96. The lowest BCUT2D eigenvalue weighted by atomic mass is 10.1. The minimum absolute atomic E-state index is 0.467. The van der Waals surface area contributed by atoms with Gasteiger partial charge in [0.25, 0.3) is 0 Å². The molecule has 0 N–H and O–H groups in total. The molecule has 0 unspecified atom stereocenters. The van der Waals surface area contributed by atoms with Gasteiger partial charge < -0.3 is 0 Å². The highest BCUT2D eigenvalue weighted by molar-refractivity contribution is 6.86. The minimum atomic E-state index is -1.32. The zero-order valence-corrected chi connectivity index (χ0v) is 11.6. The summed E-state index contributed by atoms with van der Waals surface area (Å²) in [5.41, 5.74) is 1.17. The van der Waals surface area contributed by atoms with Gasteiger partial charge >= 0.3 is 0 Å². The van der Waals surface area contributed by atoms with Gasteiger partial charge in [0.2, 0.25) is 0 Å². The van der Waals surface area contributed by atoms with E-state index in [2.05, 4.69) is 32.9 Å². The van der Waals surface area contributed by atoms with Gasteiger partial charge in [-0.25, -0.2) is 0 Å². The molecular weight excluding hydrogens is 212 g/mol. The molecule has 2 bridgehead atoms. The van der Waals surface area contributed by atoms with Gasteiger partial charge in [-0.15, -0.1) is 0 Å². The van der Waals surface area contributed by atoms with E-state index in [0.717, 1.165) is 6.29 Å². The molecule has 0 aromatic carbocycles. The molecule has 88 valence electrons. The van der Waals surface area contributed by atoms with E-state index in [4.69, 9.17) is 0 Å². The van der Waals surface area contributed by atoms with Crippen molar-refractivity contribution in [2.75, 3.05) is 0 Å². The fourth-order valence-electron chi connectivity index (χ4n) is 3.73. The fourth-order valence-corrected chi connectivity index (χ4v) is 8.23. The molecule has 1 nitrogen and oxygen atoms in total. The zero-order chi connectivity index (χ0) is 11.8. The summed E-state index contributed by atoms with van der Waals surface area (Å²) in [4.78, 5) is 11.3. The van der Waals surface area contributed by atoms with Gasteiger partial charge in [0.1, 0.15) is 6.29 Å². The van der Waals surface area contributed by atoms with Crippen molar-refractivity contribution in [1.82, 2.24) is 0 Å². The number of fused-ring (bicyclic) bond motifs is 2. The second-order valence-corrected chi connectivity index (χ2v) is 10.4. The van der Waals surface area contributed by atoms with Gasteiger partial charge in [0, 0.05) is 5.92 Å². The molecule has 0 heterocycles. The van der Waals surface area contributed by atoms with Gasteiger partial charge in [0.05, 0.1) is 8.07 Å². The maximum absolute atomic E-state index is 11.3. The number of hydrogen-bond acceptors (Lipinski definition) is 1. The van der Waals surface area contributed by atoms with Crippen LogP contribution in [0.5, 0.6) is 0 Å². The van der Waals surface area contributed by atoms with Gasteiger partial charge in [-0.05, 0) is 17.9 Å². The first-order valence-corrected chi connectivity index (χ1v) is 9.22. The van der Waals surface area contributed by atoms with E-state index >= 15 is 0 Å². The molecule has 0 saturated carbocycles. The lowest BCUT2D eigenvalue weighted by molar-refractivity contribution is -0.105. The first-order valence-electron chi connectivity index (χ1n) is 6.60. The van der Waals surface area contributed by atoms with Crippen LogP contribution < -0.4 is 0 Å². The third-order valence-electron chi connectivity index (χ3n) is 4.89. The first-order chi connectivity index (χ1) is 7.72. The molecule has 0 fully saturated rings. The third-order valence-corrected chi connectivity index (χ3v) is 10.8. The number of carbonyl (C=O) groups is 1. The number of rotatable bonds is 5. The summed E-state index contributed by atoms with van der Waals surface area (Å²) in [5, 5.41) is 1.61. The van der Waals surface area contributed by atoms with Crippen LogP contribution in [0.25, 0.3) is 0 Å². The molecule has 2 heteroatoms. The topological polar surface area (TPSA) is 17.1 Å². The van der Waals surface area contributed by atoms with Crippen LogP contribution in [0.1, 0.15) is 27.2 Å². The maximum atomic E-state index is 11.3. The summed E-state index contributed by atoms with van der Waals surface area (Å²) in [5.74, 6) is 1.09. The van der Waals surface area contributed by atoms with Crippen LogP contribution in [-0.4, -0.2) is 14.4 Å². The molecule has 0 aromatic rings. The van der Waals surface area contributed by atoms with E-state index in [-0.39, 0.29) is 0 Å². The quantitative estimate of drug-likeness (QED) is 0.402. The normalized spacial score (nSPS) is 27.9. The second-order valence-electron chi connectivity index (χ2n) is 5.16. The van der Waals surface area contributed by atoms with Crippen molar-refractivity contribution in [3.05, 3.63) is 22.9 Å². The molecular formula is C14H22OSi. The smallest absolute Gasteiger partial charge is 0.146 e. The van der Waals surface area contributed by atoms with Crippen LogP contribution >= 0.6 is 0 Å². The van der Waals surface area contributed by atoms with Crippen molar-refractivity contribution < 1.29 is 4.79 Å². The molecule has 0 saturated heterocycles. The van der Waals surface area contributed by atoms with Crippen molar-refractivity contribution in [3.63, 3.8) is 0 Å². The molecule has 16 heavy (non-hydrogen) atoms. The highest BCUT2D eigenvalue weighted by Gasteiger charge is 2.44. The summed E-state index contributed by atoms with van der Waals surface area (Å²) >= 11 is 0. The summed E-state index contributed by atoms with van der Waals surface area (Å²) in [6, 6.07) is 3.89. The van der Waals surface area contributed by atoms with Crippen LogP contribution in [0, 0.1) is 11.8 Å². The first kappa shape index (κ1) is 11.8. The van der Waals surface area contributed by atoms with Crippen molar-refractivity contribution in [1.29, 1.82) is 0 Å². The Bertz CT molecular complexity index is 341. The van der Waals surface area contributed by atoms with E-state index in [1.807, 2.05) is 0 Å². The van der Waals surface area contributed by atoms with Gasteiger partial charge in [0.15, 0.2) is 0 Å². The van der Waals surface area contributed by atoms with E-state index in [1.165, 1.54) is 30.1 Å². The Balaban J connectivity index is 2.45. The number of hydrogen-bond donors (Lipinski definition) is 0. The van der Waals surface area contributed by atoms with Gasteiger partial charge in [-0.1, -0.05) is 56.3 Å². The fraction of sp³-hybridized carbons (Fsp3) is 0.643. The Morgan fingerprint density at radius 3 is 2.25 bits per heavy atom. The second kappa shape index (κ2) is 4.32. The van der Waals surface area contributed by atoms with E-state index in [1.54, 1.807) is 5.20 Å². The van der Waals surface area contributed by atoms with Crippen LogP contribution in [0.2, 0.25) is 18.1 Å². The predicted octanol–water partition coefficient (Wildman–Crippen LogP) is 3.74. The lowest BCUT2D eigenvalue weighted by Gasteiger charge is -2.34. The lowest BCUT2D eigenvalue weighted by Crippen LogP contribution is -2.37. The number of aldehydes is 1. The average Bonchev–Trinajstić information content (AvgIpc) is 2.92. The Kier molecular flexibility index (Phi) is 3.20. The Morgan fingerprint density at radius 2 is 1.75 bits per heavy atom. The summed E-state index contributed by atoms with van der Waals surface area (Å²) < 4.78 is 0. The molecule has 2 aliphatic carbocycles. The van der Waals surface area contributed by atoms with Crippen LogP contribution in [0.3, 0.4) is 0 Å². The Morgan fingerprint density at radius 1 is 1.19 bits per heavy atom. The molecule has 0 spiro atoms. The minimum Gasteiger partial charge on any atom is -0.298 e. The average molecular weight is 234 g/mol. The standard InChI is InChI=1S/C14H22OSi/c1-4-16(5-2,6-3)14-12-8-7-11(9-12)13(14)10-15/h7-8,10-12H,4-6,9H2,1-3H3/t11-,12+/m1/s1. The van der Waals surface area contributed by atoms with E-state index in [9.17, 15) is 4.79 Å². The SMILES string of the molecule is CC[Si](CC)(CC)C1=C(C=O)[C@@H]2C=C[C@H]1C2. The van der Waals surface area contributed by atoms with Crippen LogP contribution in [-0.2, 0) is 4.79 Å². The zero-order valence-electron chi connectivity index (χ0n) is 10.6. The van der Waals surface area contributed by atoms with Crippen LogP contribution in [0.15, 0.2) is 22.9 Å². The largest absolute Gasteiger partial charge is 0.298 e. The van der Waals surface area contributed by atoms with Crippen molar-refractivity contribution in [3.8, 4) is 0 Å². The number of allylic oxidation sites excluding steroid dienone is 4. The van der Waals surface area contributed by atoms with Gasteiger partial charge in [-0.2, -0.15) is 0 Å². The molecule has 0 aromatic heterocycles. The maximum Gasteiger partial charge on any atom is 0.146 e. The molecule has 0 amide bonds. The van der Waals surface area contributed by atoms with Crippen molar-refractivity contribution in [2.24, 2.45) is 11.8 Å². The number of carbonyl (C=O) groups excluding carboxylic acids is 1. The van der Waals surface area contributed by atoms with Crippen molar-refractivity contribution >= 4 is 14.4 Å². The third kappa shape index (κ3) is 1.46. The van der Waals surface area contributed by atoms with E-state index < -0.39 is 8.07 Å².